The van der Waals surface area contributed by atoms with Crippen molar-refractivity contribution in [1.29, 1.82) is 0 Å². The molecule has 6 aliphatic rings. The predicted molar refractivity (Wildman–Crippen MR) is 90.3 cm³/mol. The summed E-state index contributed by atoms with van der Waals surface area (Å²) in [7, 11) is 0. The number of likely N-dealkylation sites (tertiary alicyclic amines) is 1. The van der Waals surface area contributed by atoms with E-state index >= 15 is 0 Å². The highest BCUT2D eigenvalue weighted by Gasteiger charge is 2.63. The van der Waals surface area contributed by atoms with Gasteiger partial charge in [-0.1, -0.05) is 13.8 Å². The first-order valence-corrected chi connectivity index (χ1v) is 9.91. The van der Waals surface area contributed by atoms with Crippen LogP contribution in [0.4, 0.5) is 0 Å². The van der Waals surface area contributed by atoms with Gasteiger partial charge in [-0.05, 0) is 55.3 Å². The molecule has 0 radical (unpaired) electrons. The fraction of sp³-hybridized carbons (Fsp3) is 0.950. The van der Waals surface area contributed by atoms with Crippen LogP contribution in [0.1, 0.15) is 65.2 Å². The number of carbonyl (C=O) groups is 1. The molecule has 2 saturated heterocycles. The van der Waals surface area contributed by atoms with E-state index in [1.807, 2.05) is 0 Å². The summed E-state index contributed by atoms with van der Waals surface area (Å²) in [5, 5.41) is 0. The van der Waals surface area contributed by atoms with E-state index in [1.54, 1.807) is 0 Å². The Balaban J connectivity index is 1.36. The maximum absolute atomic E-state index is 13.6. The van der Waals surface area contributed by atoms with Crippen molar-refractivity contribution in [2.24, 2.45) is 22.2 Å². The van der Waals surface area contributed by atoms with Crippen molar-refractivity contribution in [3.8, 4) is 0 Å². The summed E-state index contributed by atoms with van der Waals surface area (Å²) in [6, 6.07) is 0. The molecular weight excluding hydrogens is 302 g/mol. The zero-order valence-corrected chi connectivity index (χ0v) is 15.2. The third-order valence-corrected chi connectivity index (χ3v) is 7.71. The molecule has 4 bridgehead atoms. The lowest BCUT2D eigenvalue weighted by Gasteiger charge is -2.65. The summed E-state index contributed by atoms with van der Waals surface area (Å²) in [5.74, 6) is 0.852. The fourth-order valence-electron chi connectivity index (χ4n) is 7.86. The van der Waals surface area contributed by atoms with E-state index in [2.05, 4.69) is 18.7 Å². The number of piperidine rings is 1. The van der Waals surface area contributed by atoms with Crippen molar-refractivity contribution in [3.63, 3.8) is 0 Å². The Bertz CT molecular complexity index is 539. The molecular formula is C20H31NO3. The van der Waals surface area contributed by atoms with Crippen LogP contribution in [0.25, 0.3) is 0 Å². The largest absolute Gasteiger partial charge is 0.347 e. The van der Waals surface area contributed by atoms with Gasteiger partial charge in [-0.3, -0.25) is 4.79 Å². The van der Waals surface area contributed by atoms with Gasteiger partial charge in [-0.2, -0.15) is 0 Å². The van der Waals surface area contributed by atoms with Crippen LogP contribution in [0.3, 0.4) is 0 Å². The number of ether oxygens (including phenoxy) is 2. The maximum Gasteiger partial charge on any atom is 0.228 e. The molecule has 2 aliphatic heterocycles. The summed E-state index contributed by atoms with van der Waals surface area (Å²) in [4.78, 5) is 15.7. The standard InChI is InChI=1S/C20H31NO3/c1-17-9-15-10-18(2,12-17)14-19(11-15,13-17)16(22)21-5-3-20(4-6-21)23-7-8-24-20/h15H,3-14H2,1-2H3. The minimum Gasteiger partial charge on any atom is -0.347 e. The number of hydrogen-bond donors (Lipinski definition) is 0. The Labute approximate surface area is 145 Å². The molecule has 4 heteroatoms. The smallest absolute Gasteiger partial charge is 0.228 e. The van der Waals surface area contributed by atoms with E-state index in [-0.39, 0.29) is 11.2 Å². The van der Waals surface area contributed by atoms with Gasteiger partial charge in [-0.25, -0.2) is 0 Å². The summed E-state index contributed by atoms with van der Waals surface area (Å²) in [6.07, 6.45) is 9.10. The van der Waals surface area contributed by atoms with Crippen LogP contribution in [-0.2, 0) is 14.3 Å². The van der Waals surface area contributed by atoms with E-state index in [9.17, 15) is 4.79 Å². The van der Waals surface area contributed by atoms with Gasteiger partial charge < -0.3 is 14.4 Å². The molecule has 4 aliphatic carbocycles. The van der Waals surface area contributed by atoms with Crippen LogP contribution in [0.15, 0.2) is 0 Å². The number of carbonyl (C=O) groups excluding carboxylic acids is 1. The highest BCUT2D eigenvalue weighted by molar-refractivity contribution is 5.83. The average Bonchev–Trinajstić information content (AvgIpc) is 2.92. The zero-order valence-electron chi connectivity index (χ0n) is 15.2. The number of nitrogens with zero attached hydrogens (tertiary/aromatic N) is 1. The lowest BCUT2D eigenvalue weighted by molar-refractivity contribution is -0.200. The topological polar surface area (TPSA) is 38.8 Å². The number of amides is 1. The highest BCUT2D eigenvalue weighted by atomic mass is 16.7. The second-order valence-corrected chi connectivity index (χ2v) is 10.3. The van der Waals surface area contributed by atoms with Gasteiger partial charge in [-0.15, -0.1) is 0 Å². The first kappa shape index (κ1) is 15.6. The number of hydrogen-bond acceptors (Lipinski definition) is 3. The van der Waals surface area contributed by atoms with Crippen molar-refractivity contribution >= 4 is 5.91 Å². The minimum absolute atomic E-state index is 0.0647. The SMILES string of the molecule is CC12CC3CC(C)(C1)CC(C(=O)N1CCC4(CC1)OCCO4)(C3)C2. The first-order valence-electron chi connectivity index (χ1n) is 9.91. The van der Waals surface area contributed by atoms with Crippen molar-refractivity contribution in [2.45, 2.75) is 71.0 Å². The summed E-state index contributed by atoms with van der Waals surface area (Å²) in [6.45, 7) is 7.91. The van der Waals surface area contributed by atoms with E-state index in [0.29, 0.717) is 30.0 Å². The summed E-state index contributed by atoms with van der Waals surface area (Å²) >= 11 is 0. The molecule has 4 nitrogen and oxygen atoms in total. The molecule has 1 spiro atoms. The molecule has 2 unspecified atom stereocenters. The van der Waals surface area contributed by atoms with Crippen LogP contribution in [-0.4, -0.2) is 42.9 Å². The van der Waals surface area contributed by atoms with Gasteiger partial charge >= 0.3 is 0 Å². The third kappa shape index (κ3) is 2.21. The van der Waals surface area contributed by atoms with E-state index in [0.717, 1.165) is 51.1 Å². The van der Waals surface area contributed by atoms with Crippen LogP contribution < -0.4 is 0 Å². The molecule has 1 amide bonds. The molecule has 2 atom stereocenters. The van der Waals surface area contributed by atoms with Crippen molar-refractivity contribution in [1.82, 2.24) is 4.90 Å². The van der Waals surface area contributed by atoms with E-state index in [1.165, 1.54) is 19.3 Å². The summed E-state index contributed by atoms with van der Waals surface area (Å²) < 4.78 is 11.7. The monoisotopic (exact) mass is 333 g/mol. The molecule has 134 valence electrons. The second-order valence-electron chi connectivity index (χ2n) is 10.3. The van der Waals surface area contributed by atoms with Gasteiger partial charge in [0.2, 0.25) is 5.91 Å². The lowest BCUT2D eigenvalue weighted by Crippen LogP contribution is -2.61. The highest BCUT2D eigenvalue weighted by Crippen LogP contribution is 2.69. The van der Waals surface area contributed by atoms with Gasteiger partial charge in [0.15, 0.2) is 5.79 Å². The Hall–Kier alpha value is -0.610. The lowest BCUT2D eigenvalue weighted by atomic mass is 9.40. The third-order valence-electron chi connectivity index (χ3n) is 7.71. The Morgan fingerprint density at radius 1 is 0.917 bits per heavy atom. The predicted octanol–water partition coefficient (Wildman–Crippen LogP) is 3.35. The van der Waals surface area contributed by atoms with Crippen LogP contribution in [0.5, 0.6) is 0 Å². The Morgan fingerprint density at radius 3 is 2.04 bits per heavy atom. The molecule has 4 saturated carbocycles. The minimum atomic E-state index is -0.379. The molecule has 6 fully saturated rings. The van der Waals surface area contributed by atoms with Gasteiger partial charge in [0.25, 0.3) is 0 Å². The first-order chi connectivity index (χ1) is 11.3. The molecule has 2 heterocycles. The molecule has 24 heavy (non-hydrogen) atoms. The van der Waals surface area contributed by atoms with Crippen molar-refractivity contribution < 1.29 is 14.3 Å². The quantitative estimate of drug-likeness (QED) is 0.739. The van der Waals surface area contributed by atoms with E-state index < -0.39 is 0 Å². The normalized spacial score (nSPS) is 49.1. The molecule has 0 aromatic rings. The molecule has 0 aromatic carbocycles. The van der Waals surface area contributed by atoms with Gasteiger partial charge in [0.05, 0.1) is 18.6 Å². The molecule has 0 aromatic heterocycles. The average molecular weight is 333 g/mol. The fourth-order valence-corrected chi connectivity index (χ4v) is 7.86. The zero-order chi connectivity index (χ0) is 16.6. The second kappa shape index (κ2) is 4.76. The summed E-state index contributed by atoms with van der Waals surface area (Å²) in [5.41, 5.74) is 0.738. The van der Waals surface area contributed by atoms with E-state index in [4.69, 9.17) is 9.47 Å². The van der Waals surface area contributed by atoms with Crippen molar-refractivity contribution in [2.75, 3.05) is 26.3 Å². The Morgan fingerprint density at radius 2 is 1.50 bits per heavy atom. The maximum atomic E-state index is 13.6. The van der Waals surface area contributed by atoms with Crippen LogP contribution in [0.2, 0.25) is 0 Å². The Kier molecular flexibility index (Phi) is 3.10. The molecule has 0 N–H and O–H groups in total. The van der Waals surface area contributed by atoms with Crippen molar-refractivity contribution in [3.05, 3.63) is 0 Å². The van der Waals surface area contributed by atoms with Gasteiger partial charge in [0.1, 0.15) is 0 Å². The number of rotatable bonds is 1. The van der Waals surface area contributed by atoms with Gasteiger partial charge in [0, 0.05) is 25.9 Å². The van der Waals surface area contributed by atoms with Crippen LogP contribution in [0, 0.1) is 22.2 Å². The molecule has 6 rings (SSSR count). The van der Waals surface area contributed by atoms with Crippen LogP contribution >= 0.6 is 0 Å².